The Balaban J connectivity index is 1.59. The molecule has 1 unspecified atom stereocenters. The van der Waals surface area contributed by atoms with Crippen LogP contribution in [0.3, 0.4) is 0 Å². The van der Waals surface area contributed by atoms with Crippen molar-refractivity contribution in [1.29, 1.82) is 0 Å². The molecule has 1 heterocycles. The molecule has 110 valence electrons. The van der Waals surface area contributed by atoms with Crippen LogP contribution in [0.1, 0.15) is 13.3 Å². The summed E-state index contributed by atoms with van der Waals surface area (Å²) in [6, 6.07) is 9.52. The Labute approximate surface area is 119 Å². The highest BCUT2D eigenvalue weighted by Crippen LogP contribution is 2.19. The number of ether oxygens (including phenoxy) is 1. The molecule has 0 spiro atoms. The summed E-state index contributed by atoms with van der Waals surface area (Å²) >= 11 is 0. The van der Waals surface area contributed by atoms with Crippen LogP contribution in [-0.2, 0) is 4.79 Å². The van der Waals surface area contributed by atoms with Gasteiger partial charge < -0.3 is 15.2 Å². The molecule has 1 aromatic rings. The topological polar surface area (TPSA) is 61.8 Å². The lowest BCUT2D eigenvalue weighted by Crippen LogP contribution is -2.39. The van der Waals surface area contributed by atoms with Crippen LogP contribution in [-0.4, -0.2) is 54.3 Å². The first-order valence-electron chi connectivity index (χ1n) is 6.94. The molecule has 1 aliphatic rings. The van der Waals surface area contributed by atoms with E-state index < -0.39 is 5.60 Å². The Morgan fingerprint density at radius 1 is 1.45 bits per heavy atom. The lowest BCUT2D eigenvalue weighted by Gasteiger charge is -2.18. The van der Waals surface area contributed by atoms with Crippen LogP contribution in [0.25, 0.3) is 0 Å². The summed E-state index contributed by atoms with van der Waals surface area (Å²) in [5.74, 6) is 0.775. The first-order valence-corrected chi connectivity index (χ1v) is 6.94. The fourth-order valence-corrected chi connectivity index (χ4v) is 2.31. The zero-order valence-electron chi connectivity index (χ0n) is 11.8. The molecule has 0 aliphatic carbocycles. The van der Waals surface area contributed by atoms with Gasteiger partial charge in [0.25, 0.3) is 0 Å². The maximum atomic E-state index is 11.7. The maximum absolute atomic E-state index is 11.7. The van der Waals surface area contributed by atoms with Gasteiger partial charge in [0, 0.05) is 13.1 Å². The van der Waals surface area contributed by atoms with Gasteiger partial charge in [0.2, 0.25) is 5.91 Å². The summed E-state index contributed by atoms with van der Waals surface area (Å²) in [5.41, 5.74) is -0.656. The van der Waals surface area contributed by atoms with Crippen molar-refractivity contribution in [3.05, 3.63) is 30.3 Å². The monoisotopic (exact) mass is 278 g/mol. The van der Waals surface area contributed by atoms with Gasteiger partial charge in [0.1, 0.15) is 12.4 Å². The summed E-state index contributed by atoms with van der Waals surface area (Å²) in [6.07, 6.45) is 0.720. The van der Waals surface area contributed by atoms with E-state index in [4.69, 9.17) is 4.74 Å². The van der Waals surface area contributed by atoms with Gasteiger partial charge in [-0.25, -0.2) is 0 Å². The molecule has 1 aliphatic heterocycles. The van der Waals surface area contributed by atoms with Gasteiger partial charge in [-0.3, -0.25) is 9.69 Å². The minimum absolute atomic E-state index is 0.0284. The summed E-state index contributed by atoms with van der Waals surface area (Å²) in [4.78, 5) is 13.7. The van der Waals surface area contributed by atoms with Crippen LogP contribution in [0.15, 0.2) is 30.3 Å². The van der Waals surface area contributed by atoms with Crippen molar-refractivity contribution in [1.82, 2.24) is 10.2 Å². The Morgan fingerprint density at radius 2 is 2.20 bits per heavy atom. The summed E-state index contributed by atoms with van der Waals surface area (Å²) in [5, 5.41) is 12.6. The van der Waals surface area contributed by atoms with Crippen LogP contribution in [0, 0.1) is 0 Å². The zero-order valence-corrected chi connectivity index (χ0v) is 11.8. The van der Waals surface area contributed by atoms with Crippen LogP contribution in [0.5, 0.6) is 5.75 Å². The molecule has 1 aromatic carbocycles. The minimum Gasteiger partial charge on any atom is -0.492 e. The normalized spacial score (nSPS) is 22.7. The summed E-state index contributed by atoms with van der Waals surface area (Å²) in [6.45, 7) is 4.40. The molecule has 1 atom stereocenters. The summed E-state index contributed by atoms with van der Waals surface area (Å²) in [7, 11) is 0. The first kappa shape index (κ1) is 14.8. The maximum Gasteiger partial charge on any atom is 0.234 e. The van der Waals surface area contributed by atoms with Crippen LogP contribution >= 0.6 is 0 Å². The second-order valence-corrected chi connectivity index (χ2v) is 5.47. The fraction of sp³-hybridized carbons (Fsp3) is 0.533. The average molecular weight is 278 g/mol. The third-order valence-electron chi connectivity index (χ3n) is 3.33. The molecule has 2 N–H and O–H groups in total. The second-order valence-electron chi connectivity index (χ2n) is 5.47. The number of likely N-dealkylation sites (tertiary alicyclic amines) is 1. The van der Waals surface area contributed by atoms with Crippen molar-refractivity contribution in [3.63, 3.8) is 0 Å². The average Bonchev–Trinajstić information content (AvgIpc) is 2.75. The highest BCUT2D eigenvalue weighted by Gasteiger charge is 2.31. The fourth-order valence-electron chi connectivity index (χ4n) is 2.31. The molecule has 1 amide bonds. The van der Waals surface area contributed by atoms with Crippen LogP contribution in [0.4, 0.5) is 0 Å². The number of β-amino-alcohol motifs (C(OH)–C–C–N with tert-alkyl or cyclic N) is 1. The van der Waals surface area contributed by atoms with Crippen molar-refractivity contribution in [2.24, 2.45) is 0 Å². The number of aliphatic hydroxyl groups is 1. The van der Waals surface area contributed by atoms with E-state index in [1.54, 1.807) is 6.92 Å². The minimum atomic E-state index is -0.656. The molecule has 20 heavy (non-hydrogen) atoms. The van der Waals surface area contributed by atoms with Crippen molar-refractivity contribution in [2.75, 3.05) is 32.8 Å². The smallest absolute Gasteiger partial charge is 0.234 e. The standard InChI is InChI=1S/C15H22N2O3/c1-15(19)7-9-17(12-15)11-14(18)16-8-10-20-13-5-3-2-4-6-13/h2-6,19H,7-12H2,1H3,(H,16,18). The van der Waals surface area contributed by atoms with Gasteiger partial charge in [-0.2, -0.15) is 0 Å². The van der Waals surface area contributed by atoms with E-state index in [9.17, 15) is 9.90 Å². The number of para-hydroxylation sites is 1. The van der Waals surface area contributed by atoms with E-state index in [2.05, 4.69) is 5.32 Å². The van der Waals surface area contributed by atoms with E-state index in [0.29, 0.717) is 26.2 Å². The predicted molar refractivity (Wildman–Crippen MR) is 76.6 cm³/mol. The summed E-state index contributed by atoms with van der Waals surface area (Å²) < 4.78 is 5.49. The number of amides is 1. The largest absolute Gasteiger partial charge is 0.492 e. The lowest BCUT2D eigenvalue weighted by molar-refractivity contribution is -0.122. The molecule has 1 fully saturated rings. The molecule has 0 saturated carbocycles. The predicted octanol–water partition coefficient (Wildman–Crippen LogP) is 0.638. The number of carbonyl (C=O) groups excluding carboxylic acids is 1. The molecule has 0 bridgehead atoms. The van der Waals surface area contributed by atoms with Crippen LogP contribution in [0.2, 0.25) is 0 Å². The number of nitrogens with zero attached hydrogens (tertiary/aromatic N) is 1. The molecule has 5 heteroatoms. The number of carbonyl (C=O) groups is 1. The lowest BCUT2D eigenvalue weighted by atomic mass is 10.1. The van der Waals surface area contributed by atoms with Crippen molar-refractivity contribution < 1.29 is 14.6 Å². The van der Waals surface area contributed by atoms with Gasteiger partial charge in [-0.1, -0.05) is 18.2 Å². The van der Waals surface area contributed by atoms with Gasteiger partial charge >= 0.3 is 0 Å². The van der Waals surface area contributed by atoms with Gasteiger partial charge in [0.15, 0.2) is 0 Å². The number of hydrogen-bond donors (Lipinski definition) is 2. The number of hydrogen-bond acceptors (Lipinski definition) is 4. The van der Waals surface area contributed by atoms with E-state index in [1.807, 2.05) is 35.2 Å². The molecule has 2 rings (SSSR count). The third kappa shape index (κ3) is 4.83. The SMILES string of the molecule is CC1(O)CCN(CC(=O)NCCOc2ccccc2)C1. The van der Waals surface area contributed by atoms with E-state index in [0.717, 1.165) is 18.7 Å². The number of benzene rings is 1. The molecule has 0 aromatic heterocycles. The van der Waals surface area contributed by atoms with E-state index >= 15 is 0 Å². The number of rotatable bonds is 6. The third-order valence-corrected chi connectivity index (χ3v) is 3.33. The van der Waals surface area contributed by atoms with Crippen LogP contribution < -0.4 is 10.1 Å². The zero-order chi connectivity index (χ0) is 14.4. The van der Waals surface area contributed by atoms with E-state index in [-0.39, 0.29) is 5.91 Å². The Hall–Kier alpha value is -1.59. The molecule has 5 nitrogen and oxygen atoms in total. The second kappa shape index (κ2) is 6.72. The molecular formula is C15H22N2O3. The molecule has 0 radical (unpaired) electrons. The Bertz CT molecular complexity index is 434. The highest BCUT2D eigenvalue weighted by atomic mass is 16.5. The van der Waals surface area contributed by atoms with Gasteiger partial charge in [-0.05, 0) is 25.5 Å². The van der Waals surface area contributed by atoms with E-state index in [1.165, 1.54) is 0 Å². The Morgan fingerprint density at radius 3 is 2.85 bits per heavy atom. The van der Waals surface area contributed by atoms with Crippen molar-refractivity contribution in [2.45, 2.75) is 18.9 Å². The van der Waals surface area contributed by atoms with Gasteiger partial charge in [-0.15, -0.1) is 0 Å². The number of nitrogens with one attached hydrogen (secondary N) is 1. The van der Waals surface area contributed by atoms with Crippen molar-refractivity contribution >= 4 is 5.91 Å². The molecular weight excluding hydrogens is 256 g/mol. The highest BCUT2D eigenvalue weighted by molar-refractivity contribution is 5.78. The molecule has 1 saturated heterocycles. The van der Waals surface area contributed by atoms with Crippen molar-refractivity contribution in [3.8, 4) is 5.75 Å². The Kier molecular flexibility index (Phi) is 4.98. The van der Waals surface area contributed by atoms with Gasteiger partial charge in [0.05, 0.1) is 18.7 Å². The first-order chi connectivity index (χ1) is 9.55. The quantitative estimate of drug-likeness (QED) is 0.750.